The third kappa shape index (κ3) is 6.54. The molecule has 2 amide bonds. The Morgan fingerprint density at radius 3 is 2.72 bits per heavy atom. The van der Waals surface area contributed by atoms with Gasteiger partial charge < -0.3 is 35.3 Å². The number of benzene rings is 1. The molecule has 22 heteroatoms. The Bertz CT molecular complexity index is 2030. The van der Waals surface area contributed by atoms with Gasteiger partial charge in [0.1, 0.15) is 12.6 Å². The third-order valence-electron chi connectivity index (χ3n) is 10.2. The zero-order valence-electron chi connectivity index (χ0n) is 28.4. The van der Waals surface area contributed by atoms with Crippen LogP contribution in [0, 0.1) is 11.7 Å². The van der Waals surface area contributed by atoms with Crippen molar-refractivity contribution >= 4 is 63.4 Å². The molecule has 3 aromatic rings. The number of oxime groups is 1. The van der Waals surface area contributed by atoms with Crippen LogP contribution in [-0.4, -0.2) is 144 Å². The van der Waals surface area contributed by atoms with Gasteiger partial charge in [-0.05, 0) is 31.2 Å². The van der Waals surface area contributed by atoms with Crippen molar-refractivity contribution in [2.75, 3.05) is 44.2 Å². The van der Waals surface area contributed by atoms with Crippen LogP contribution < -0.4 is 5.73 Å². The number of ketones is 1. The number of thioether (sulfide) groups is 1. The van der Waals surface area contributed by atoms with Gasteiger partial charge in [0.05, 0.1) is 43.2 Å². The van der Waals surface area contributed by atoms with Crippen LogP contribution in [0.1, 0.15) is 55.1 Å². The van der Waals surface area contributed by atoms with E-state index >= 15 is 0 Å². The summed E-state index contributed by atoms with van der Waals surface area (Å²) in [6.45, 7) is 5.25. The van der Waals surface area contributed by atoms with Crippen molar-refractivity contribution in [3.05, 3.63) is 40.7 Å². The number of phenolic OH excluding ortho intramolecular Hbond substituents is 2. The molecule has 2 aromatic heterocycles. The number of hydrogen-bond acceptors (Lipinski definition) is 16. The SMILES string of the molecule is CC(C)(O/N=C(\C(=O)C[C@@H]1C(=O)N2C(c3nn[nH]n3)=C(C[N@+]34CCC[C@H]3CN(C(=O)c3cc(O)c(O)c(F)c3)CC4)CS[C@H]12)c1nsc(N)n1)C(=O)O. The van der Waals surface area contributed by atoms with Crippen LogP contribution in [0.4, 0.5) is 9.52 Å². The highest BCUT2D eigenvalue weighted by atomic mass is 32.2. The molecule has 7 rings (SSSR count). The molecule has 0 radical (unpaired) electrons. The number of H-pyrrole nitrogens is 1. The van der Waals surface area contributed by atoms with Crippen LogP contribution in [0.5, 0.6) is 11.5 Å². The molecule has 4 aliphatic heterocycles. The fraction of sp³-hybridized carbons (Fsp3) is 0.484. The number of hydrogen-bond donors (Lipinski definition) is 5. The summed E-state index contributed by atoms with van der Waals surface area (Å²) >= 11 is 2.31. The lowest BCUT2D eigenvalue weighted by molar-refractivity contribution is -0.938. The maximum Gasteiger partial charge on any atom is 0.350 e. The fourth-order valence-corrected chi connectivity index (χ4v) is 9.16. The summed E-state index contributed by atoms with van der Waals surface area (Å²) in [5.74, 6) is -5.62. The minimum atomic E-state index is -1.77. The van der Waals surface area contributed by atoms with Gasteiger partial charge in [0.25, 0.3) is 5.91 Å². The van der Waals surface area contributed by atoms with Crippen LogP contribution >= 0.6 is 23.3 Å². The number of halogens is 1. The van der Waals surface area contributed by atoms with E-state index < -0.39 is 51.9 Å². The first-order valence-corrected chi connectivity index (χ1v) is 18.4. The molecule has 3 fully saturated rings. The zero-order valence-corrected chi connectivity index (χ0v) is 30.1. The van der Waals surface area contributed by atoms with Crippen molar-refractivity contribution < 1.29 is 48.2 Å². The topological polar surface area (TPSA) is 263 Å². The number of carbonyl (C=O) groups is 4. The number of nitrogen functional groups attached to an aromatic ring is 1. The lowest BCUT2D eigenvalue weighted by atomic mass is 9.89. The smallest absolute Gasteiger partial charge is 0.350 e. The van der Waals surface area contributed by atoms with Crippen LogP contribution in [-0.2, 0) is 19.2 Å². The van der Waals surface area contributed by atoms with E-state index in [-0.39, 0.29) is 46.4 Å². The van der Waals surface area contributed by atoms with Crippen LogP contribution in [0.25, 0.3) is 5.70 Å². The monoisotopic (exact) mass is 772 g/mol. The molecular formula is C31H35FN11O8S2+. The van der Waals surface area contributed by atoms with Crippen molar-refractivity contribution in [2.45, 2.75) is 50.1 Å². The number of nitrogens with one attached hydrogen (secondary N) is 1. The molecule has 19 nitrogen and oxygen atoms in total. The van der Waals surface area contributed by atoms with E-state index in [1.54, 1.807) is 9.80 Å². The molecule has 0 unspecified atom stereocenters. The number of carboxylic acids is 1. The number of carboxylic acid groups (broad SMARTS) is 1. The number of β-lactam (4-membered cyclic amide) rings is 1. The normalized spacial score (nSPS) is 24.5. The molecule has 0 spiro atoms. The average Bonchev–Trinajstić information content (AvgIpc) is 3.90. The summed E-state index contributed by atoms with van der Waals surface area (Å²) in [7, 11) is 0. The summed E-state index contributed by atoms with van der Waals surface area (Å²) < 4.78 is 18.8. The van der Waals surface area contributed by atoms with Crippen molar-refractivity contribution in [1.29, 1.82) is 0 Å². The Labute approximate surface area is 308 Å². The molecule has 6 N–H and O–H groups in total. The summed E-state index contributed by atoms with van der Waals surface area (Å²) in [5, 5.41) is 47.0. The van der Waals surface area contributed by atoms with Gasteiger partial charge in [0.15, 0.2) is 33.9 Å². The summed E-state index contributed by atoms with van der Waals surface area (Å²) in [5.41, 5.74) is 4.98. The van der Waals surface area contributed by atoms with Crippen LogP contribution in [0.2, 0.25) is 0 Å². The first kappa shape index (κ1) is 36.2. The van der Waals surface area contributed by atoms with Crippen LogP contribution in [0.15, 0.2) is 22.9 Å². The Hall–Kier alpha value is -5.22. The van der Waals surface area contributed by atoms with E-state index in [0.717, 1.165) is 48.6 Å². The van der Waals surface area contributed by atoms with Crippen molar-refractivity contribution in [1.82, 2.24) is 39.8 Å². The number of aromatic nitrogens is 6. The average molecular weight is 773 g/mol. The number of rotatable bonds is 11. The lowest BCUT2D eigenvalue weighted by Crippen LogP contribution is -2.65. The molecule has 0 saturated carbocycles. The number of phenols is 2. The number of aromatic amines is 1. The van der Waals surface area contributed by atoms with E-state index in [2.05, 4.69) is 35.1 Å². The number of piperazine rings is 1. The molecule has 3 saturated heterocycles. The van der Waals surface area contributed by atoms with Gasteiger partial charge in [-0.25, -0.2) is 9.18 Å². The fourth-order valence-electron chi connectivity index (χ4n) is 7.32. The van der Waals surface area contributed by atoms with Crippen molar-refractivity contribution in [3.8, 4) is 11.5 Å². The highest BCUT2D eigenvalue weighted by Gasteiger charge is 2.55. The minimum absolute atomic E-state index is 0.0434. The second kappa shape index (κ2) is 13.6. The van der Waals surface area contributed by atoms with E-state index in [9.17, 15) is 38.9 Å². The van der Waals surface area contributed by atoms with Gasteiger partial charge in [-0.15, -0.1) is 22.0 Å². The minimum Gasteiger partial charge on any atom is -0.504 e. The Morgan fingerprint density at radius 2 is 2.04 bits per heavy atom. The van der Waals surface area contributed by atoms with E-state index in [0.29, 0.717) is 42.1 Å². The van der Waals surface area contributed by atoms with Crippen molar-refractivity contribution in [2.24, 2.45) is 11.1 Å². The molecule has 0 aliphatic carbocycles. The Kier molecular flexibility index (Phi) is 9.30. The van der Waals surface area contributed by atoms with Crippen LogP contribution in [0.3, 0.4) is 0 Å². The number of amides is 2. The standard InChI is InChI=1S/C31H34FN11O8S2/c1-31(2,29(49)50)51-37-21(24-34-30(33)53-38-24)19(44)10-17-27(48)42-22(25-35-39-40-36-25)15(13-52-28(17)42)12-43-6-3-4-16(43)11-41(5-7-43)26(47)14-8-18(32)23(46)20(45)9-14/h8-9,16-17,28H,3-7,10-13H2,1-2H3,(H5-,33,34,35,36,37,38,39,40,44,45,46,47,49,50)/p+1/t16-,17+,28+,43+/m0/s1. The second-order valence-corrected chi connectivity index (χ2v) is 15.7. The molecule has 1 aromatic carbocycles. The van der Waals surface area contributed by atoms with Gasteiger partial charge in [-0.1, -0.05) is 5.16 Å². The lowest BCUT2D eigenvalue weighted by Gasteiger charge is -2.52. The number of nitrogens with zero attached hydrogens (tertiary/aromatic N) is 9. The predicted octanol–water partition coefficient (Wildman–Crippen LogP) is 0.805. The first-order valence-electron chi connectivity index (χ1n) is 16.6. The second-order valence-electron chi connectivity index (χ2n) is 13.8. The van der Waals surface area contributed by atoms with Gasteiger partial charge in [0.2, 0.25) is 23.2 Å². The third-order valence-corrected chi connectivity index (χ3v) is 12.1. The summed E-state index contributed by atoms with van der Waals surface area (Å²) in [6, 6.07) is 2.02. The van der Waals surface area contributed by atoms with E-state index in [1.807, 2.05) is 0 Å². The maximum atomic E-state index is 14.1. The number of Topliss-reactive ketones (excluding diaryl/α,β-unsaturated/α-hetero) is 1. The molecule has 6 heterocycles. The molecule has 0 bridgehead atoms. The van der Waals surface area contributed by atoms with Gasteiger partial charge in [-0.3, -0.25) is 19.3 Å². The Balaban J connectivity index is 1.11. The maximum absolute atomic E-state index is 14.1. The number of anilines is 1. The quantitative estimate of drug-likeness (QED) is 0.0594. The number of aliphatic carboxylic acids is 1. The molecule has 280 valence electrons. The van der Waals surface area contributed by atoms with E-state index in [1.165, 1.54) is 25.6 Å². The molecule has 53 heavy (non-hydrogen) atoms. The zero-order chi connectivity index (χ0) is 37.8. The summed E-state index contributed by atoms with van der Waals surface area (Å²) in [6.07, 6.45) is 1.46. The number of carbonyl (C=O) groups excluding carboxylic acids is 3. The van der Waals surface area contributed by atoms with Gasteiger partial charge >= 0.3 is 5.97 Å². The highest BCUT2D eigenvalue weighted by molar-refractivity contribution is 8.00. The number of tetrazole rings is 1. The molecular weight excluding hydrogens is 738 g/mol. The van der Waals surface area contributed by atoms with Crippen molar-refractivity contribution in [3.63, 3.8) is 0 Å². The molecule has 4 atom stereocenters. The predicted molar refractivity (Wildman–Crippen MR) is 184 cm³/mol. The number of aromatic hydroxyl groups is 2. The first-order chi connectivity index (χ1) is 25.2. The largest absolute Gasteiger partial charge is 0.504 e. The Morgan fingerprint density at radius 1 is 1.25 bits per heavy atom. The highest BCUT2D eigenvalue weighted by Crippen LogP contribution is 2.49. The van der Waals surface area contributed by atoms with E-state index in [4.69, 9.17) is 10.6 Å². The molecule has 4 aliphatic rings. The summed E-state index contributed by atoms with van der Waals surface area (Å²) in [4.78, 5) is 65.0. The van der Waals surface area contributed by atoms with Gasteiger partial charge in [0, 0.05) is 47.7 Å². The number of fused-ring (bicyclic) bond motifs is 2. The van der Waals surface area contributed by atoms with Gasteiger partial charge in [-0.2, -0.15) is 14.6 Å². The number of quaternary nitrogens is 1. The number of nitrogens with two attached hydrogens (primary N) is 1.